The summed E-state index contributed by atoms with van der Waals surface area (Å²) in [6, 6.07) is 0. The zero-order chi connectivity index (χ0) is 10.1. The van der Waals surface area contributed by atoms with Crippen molar-refractivity contribution in [3.63, 3.8) is 0 Å². The minimum atomic E-state index is -0.719. The van der Waals surface area contributed by atoms with E-state index in [1.165, 1.54) is 0 Å². The monoisotopic (exact) mass is 186 g/mol. The highest BCUT2D eigenvalue weighted by Crippen LogP contribution is 2.41. The van der Waals surface area contributed by atoms with Gasteiger partial charge in [0.05, 0.1) is 5.92 Å². The average molecular weight is 186 g/mol. The predicted molar refractivity (Wildman–Crippen MR) is 49.2 cm³/mol. The molecule has 0 radical (unpaired) electrons. The molecule has 76 valence electrons. The summed E-state index contributed by atoms with van der Waals surface area (Å²) in [5, 5.41) is 9.62. The molecule has 0 saturated heterocycles. The van der Waals surface area contributed by atoms with Crippen molar-refractivity contribution in [2.24, 2.45) is 5.92 Å². The smallest absolute Gasteiger partial charge is 0.309 e. The molecule has 0 aliphatic heterocycles. The van der Waals surface area contributed by atoms with Gasteiger partial charge >= 0.3 is 5.97 Å². The Morgan fingerprint density at radius 3 is 2.69 bits per heavy atom. The van der Waals surface area contributed by atoms with Crippen LogP contribution in [0.2, 0.25) is 0 Å². The van der Waals surface area contributed by atoms with E-state index in [0.29, 0.717) is 12.8 Å². The van der Waals surface area contributed by atoms with E-state index in [9.17, 15) is 9.90 Å². The Kier molecular flexibility index (Phi) is 2.96. The van der Waals surface area contributed by atoms with Gasteiger partial charge in [-0.3, -0.25) is 4.79 Å². The van der Waals surface area contributed by atoms with Crippen LogP contribution in [0.3, 0.4) is 0 Å². The van der Waals surface area contributed by atoms with E-state index < -0.39 is 5.60 Å². The van der Waals surface area contributed by atoms with Gasteiger partial charge in [0.25, 0.3) is 0 Å². The molecular formula is C10H18O3. The van der Waals surface area contributed by atoms with Gasteiger partial charge in [0, 0.05) is 6.42 Å². The van der Waals surface area contributed by atoms with Crippen LogP contribution in [0.4, 0.5) is 0 Å². The second-order valence-corrected chi connectivity index (χ2v) is 3.90. The highest BCUT2D eigenvalue weighted by atomic mass is 16.6. The maximum absolute atomic E-state index is 11.3. The van der Waals surface area contributed by atoms with Gasteiger partial charge in [-0.1, -0.05) is 20.8 Å². The van der Waals surface area contributed by atoms with Crippen LogP contribution in [0, 0.1) is 5.92 Å². The molecule has 3 atom stereocenters. The van der Waals surface area contributed by atoms with Gasteiger partial charge in [-0.2, -0.15) is 0 Å². The Bertz CT molecular complexity index is 202. The van der Waals surface area contributed by atoms with Crippen LogP contribution < -0.4 is 0 Å². The molecule has 1 fully saturated rings. The molecule has 1 aliphatic rings. The fraction of sp³-hybridized carbons (Fsp3) is 0.900. The third kappa shape index (κ3) is 2.21. The molecule has 1 aliphatic carbocycles. The normalized spacial score (nSPS) is 34.0. The number of hydrogen-bond donors (Lipinski definition) is 1. The van der Waals surface area contributed by atoms with Crippen LogP contribution in [-0.4, -0.2) is 22.8 Å². The zero-order valence-corrected chi connectivity index (χ0v) is 8.54. The van der Waals surface area contributed by atoms with Gasteiger partial charge in [-0.05, 0) is 12.8 Å². The summed E-state index contributed by atoms with van der Waals surface area (Å²) in [5.74, 6) is -0.237. The first-order valence-corrected chi connectivity index (χ1v) is 4.96. The summed E-state index contributed by atoms with van der Waals surface area (Å²) in [5.41, 5.74) is -0.719. The largest absolute Gasteiger partial charge is 0.459 e. The number of carbonyl (C=O) groups excluding carboxylic acids is 1. The Balaban J connectivity index is 2.32. The summed E-state index contributed by atoms with van der Waals surface area (Å²) in [6.45, 7) is 5.69. The van der Waals surface area contributed by atoms with Crippen molar-refractivity contribution in [2.75, 3.05) is 0 Å². The molecular weight excluding hydrogens is 168 g/mol. The molecule has 0 aromatic carbocycles. The summed E-state index contributed by atoms with van der Waals surface area (Å²) in [7, 11) is 0. The third-order valence-corrected chi connectivity index (χ3v) is 2.86. The number of ether oxygens (including phenoxy) is 1. The first-order valence-electron chi connectivity index (χ1n) is 4.96. The topological polar surface area (TPSA) is 46.5 Å². The van der Waals surface area contributed by atoms with E-state index in [1.807, 2.05) is 20.8 Å². The Morgan fingerprint density at radius 1 is 1.69 bits per heavy atom. The van der Waals surface area contributed by atoms with Crippen LogP contribution in [0.15, 0.2) is 0 Å². The molecule has 13 heavy (non-hydrogen) atoms. The van der Waals surface area contributed by atoms with Crippen molar-refractivity contribution < 1.29 is 14.6 Å². The minimum Gasteiger partial charge on any atom is -0.459 e. The average Bonchev–Trinajstić information content (AvgIpc) is 2.76. The summed E-state index contributed by atoms with van der Waals surface area (Å²) in [6.07, 6.45) is 1.80. The molecule has 0 heterocycles. The van der Waals surface area contributed by atoms with E-state index >= 15 is 0 Å². The van der Waals surface area contributed by atoms with E-state index in [1.54, 1.807) is 0 Å². The maximum Gasteiger partial charge on any atom is 0.309 e. The van der Waals surface area contributed by atoms with Crippen molar-refractivity contribution in [1.82, 2.24) is 0 Å². The highest BCUT2D eigenvalue weighted by Gasteiger charge is 2.54. The molecule has 0 amide bonds. The summed E-state index contributed by atoms with van der Waals surface area (Å²) < 4.78 is 5.13. The second kappa shape index (κ2) is 3.66. The first-order chi connectivity index (χ1) is 6.03. The molecule has 0 spiro atoms. The molecule has 3 nitrogen and oxygen atoms in total. The molecule has 0 aromatic rings. The number of rotatable bonds is 4. The highest BCUT2D eigenvalue weighted by molar-refractivity contribution is 5.72. The number of carbonyl (C=O) groups is 1. The van der Waals surface area contributed by atoms with E-state index in [0.717, 1.165) is 6.42 Å². The lowest BCUT2D eigenvalue weighted by Gasteiger charge is -2.11. The third-order valence-electron chi connectivity index (χ3n) is 2.86. The Hall–Kier alpha value is -0.570. The van der Waals surface area contributed by atoms with Crippen LogP contribution in [0.25, 0.3) is 0 Å². The lowest BCUT2D eigenvalue weighted by atomic mass is 10.1. The molecule has 0 aromatic heterocycles. The van der Waals surface area contributed by atoms with E-state index in [4.69, 9.17) is 4.74 Å². The summed E-state index contributed by atoms with van der Waals surface area (Å²) >= 11 is 0. The number of esters is 1. The predicted octanol–water partition coefficient (Wildman–Crippen LogP) is 1.49. The van der Waals surface area contributed by atoms with Crippen molar-refractivity contribution in [1.29, 1.82) is 0 Å². The molecule has 1 N–H and O–H groups in total. The fourth-order valence-corrected chi connectivity index (χ4v) is 1.21. The van der Waals surface area contributed by atoms with Crippen molar-refractivity contribution in [3.8, 4) is 0 Å². The standard InChI is InChI=1S/C10H18O3/c1-4-7(3)9(11)13-8-6-10(8,12)5-2/h7-8,12H,4-6H2,1-3H3. The Labute approximate surface area is 79.1 Å². The van der Waals surface area contributed by atoms with Crippen LogP contribution >= 0.6 is 0 Å². The number of aliphatic hydroxyl groups is 1. The van der Waals surface area contributed by atoms with Gasteiger partial charge < -0.3 is 9.84 Å². The van der Waals surface area contributed by atoms with Gasteiger partial charge in [0.1, 0.15) is 11.7 Å². The van der Waals surface area contributed by atoms with Crippen LogP contribution in [0.5, 0.6) is 0 Å². The fourth-order valence-electron chi connectivity index (χ4n) is 1.21. The van der Waals surface area contributed by atoms with Crippen molar-refractivity contribution >= 4 is 5.97 Å². The Morgan fingerprint density at radius 2 is 2.31 bits per heavy atom. The SMILES string of the molecule is CCC(C)C(=O)OC1CC1(O)CC. The van der Waals surface area contributed by atoms with Gasteiger partial charge in [-0.15, -0.1) is 0 Å². The van der Waals surface area contributed by atoms with Crippen LogP contribution in [-0.2, 0) is 9.53 Å². The van der Waals surface area contributed by atoms with Gasteiger partial charge in [0.15, 0.2) is 0 Å². The molecule has 3 heteroatoms. The van der Waals surface area contributed by atoms with E-state index in [2.05, 4.69) is 0 Å². The van der Waals surface area contributed by atoms with Gasteiger partial charge in [0.2, 0.25) is 0 Å². The molecule has 1 rings (SSSR count). The molecule has 0 bridgehead atoms. The van der Waals surface area contributed by atoms with Crippen molar-refractivity contribution in [3.05, 3.63) is 0 Å². The number of hydrogen-bond acceptors (Lipinski definition) is 3. The minimum absolute atomic E-state index is 0.0540. The lowest BCUT2D eigenvalue weighted by Crippen LogP contribution is -2.21. The van der Waals surface area contributed by atoms with Crippen molar-refractivity contribution in [2.45, 2.75) is 51.7 Å². The molecule has 1 saturated carbocycles. The molecule has 3 unspecified atom stereocenters. The maximum atomic E-state index is 11.3. The lowest BCUT2D eigenvalue weighted by molar-refractivity contribution is -0.151. The van der Waals surface area contributed by atoms with Gasteiger partial charge in [-0.25, -0.2) is 0 Å². The zero-order valence-electron chi connectivity index (χ0n) is 8.54. The quantitative estimate of drug-likeness (QED) is 0.676. The first kappa shape index (κ1) is 10.5. The second-order valence-electron chi connectivity index (χ2n) is 3.90. The van der Waals surface area contributed by atoms with Crippen LogP contribution in [0.1, 0.15) is 40.0 Å². The van der Waals surface area contributed by atoms with E-state index in [-0.39, 0.29) is 18.0 Å². The summed E-state index contributed by atoms with van der Waals surface area (Å²) in [4.78, 5) is 11.3.